The van der Waals surface area contributed by atoms with Gasteiger partial charge in [0, 0.05) is 5.02 Å². The van der Waals surface area contributed by atoms with Crippen LogP contribution in [0.1, 0.15) is 23.0 Å². The molecule has 0 aliphatic carbocycles. The zero-order valence-corrected chi connectivity index (χ0v) is 11.4. The molecular formula is C13H14ClN3O2. The molecule has 2 N–H and O–H groups in total. The summed E-state index contributed by atoms with van der Waals surface area (Å²) in [5.74, 6) is -0.396. The van der Waals surface area contributed by atoms with E-state index in [0.29, 0.717) is 34.3 Å². The summed E-state index contributed by atoms with van der Waals surface area (Å²) >= 11 is 5.95. The second-order valence-corrected chi connectivity index (χ2v) is 4.42. The number of nitrogens with two attached hydrogens (primary N) is 1. The number of anilines is 1. The Morgan fingerprint density at radius 3 is 2.95 bits per heavy atom. The maximum atomic E-state index is 11.7. The number of nitrogens with zero attached hydrogens (tertiary/aromatic N) is 2. The first kappa shape index (κ1) is 13.4. The Kier molecular flexibility index (Phi) is 3.76. The third-order valence-corrected chi connectivity index (χ3v) is 2.96. The Balaban J connectivity index is 2.47. The van der Waals surface area contributed by atoms with Gasteiger partial charge < -0.3 is 10.5 Å². The normalized spacial score (nSPS) is 10.5. The van der Waals surface area contributed by atoms with Crippen molar-refractivity contribution in [2.24, 2.45) is 0 Å². The first-order valence-corrected chi connectivity index (χ1v) is 6.19. The van der Waals surface area contributed by atoms with Gasteiger partial charge in [0.2, 0.25) is 0 Å². The van der Waals surface area contributed by atoms with E-state index in [-0.39, 0.29) is 0 Å². The molecular weight excluding hydrogens is 266 g/mol. The number of benzene rings is 1. The molecule has 0 amide bonds. The predicted molar refractivity (Wildman–Crippen MR) is 73.7 cm³/mol. The van der Waals surface area contributed by atoms with Gasteiger partial charge in [0.25, 0.3) is 0 Å². The van der Waals surface area contributed by atoms with Crippen LogP contribution in [0.25, 0.3) is 5.69 Å². The summed E-state index contributed by atoms with van der Waals surface area (Å²) < 4.78 is 6.54. The lowest BCUT2D eigenvalue weighted by molar-refractivity contribution is 0.0525. The van der Waals surface area contributed by atoms with Crippen molar-refractivity contribution in [1.82, 2.24) is 9.78 Å². The quantitative estimate of drug-likeness (QED) is 0.692. The molecule has 0 saturated heterocycles. The lowest BCUT2D eigenvalue weighted by atomic mass is 10.2. The molecule has 1 aromatic carbocycles. The molecule has 0 fully saturated rings. The van der Waals surface area contributed by atoms with E-state index in [1.54, 1.807) is 36.7 Å². The van der Waals surface area contributed by atoms with Crippen LogP contribution in [0.3, 0.4) is 0 Å². The first-order chi connectivity index (χ1) is 9.04. The van der Waals surface area contributed by atoms with Crippen LogP contribution in [0.4, 0.5) is 5.69 Å². The molecule has 6 heteroatoms. The van der Waals surface area contributed by atoms with E-state index >= 15 is 0 Å². The van der Waals surface area contributed by atoms with Crippen molar-refractivity contribution in [3.05, 3.63) is 40.7 Å². The van der Waals surface area contributed by atoms with Crippen molar-refractivity contribution in [1.29, 1.82) is 0 Å². The highest BCUT2D eigenvalue weighted by molar-refractivity contribution is 6.30. The fraction of sp³-hybridized carbons (Fsp3) is 0.231. The number of carbonyl (C=O) groups is 1. The van der Waals surface area contributed by atoms with Crippen LogP contribution in [0, 0.1) is 6.92 Å². The lowest BCUT2D eigenvalue weighted by Crippen LogP contribution is -2.08. The molecule has 0 unspecified atom stereocenters. The van der Waals surface area contributed by atoms with Crippen LogP contribution in [0.5, 0.6) is 0 Å². The number of aromatic nitrogens is 2. The molecule has 0 radical (unpaired) electrons. The van der Waals surface area contributed by atoms with Crippen molar-refractivity contribution in [3.63, 3.8) is 0 Å². The van der Waals surface area contributed by atoms with Gasteiger partial charge in [-0.05, 0) is 32.0 Å². The average molecular weight is 280 g/mol. The first-order valence-electron chi connectivity index (χ1n) is 5.81. The monoisotopic (exact) mass is 279 g/mol. The summed E-state index contributed by atoms with van der Waals surface area (Å²) in [6.45, 7) is 3.86. The van der Waals surface area contributed by atoms with E-state index in [0.717, 1.165) is 0 Å². The molecule has 0 bridgehead atoms. The zero-order valence-electron chi connectivity index (χ0n) is 10.7. The largest absolute Gasteiger partial charge is 0.462 e. The van der Waals surface area contributed by atoms with Gasteiger partial charge in [-0.1, -0.05) is 11.6 Å². The summed E-state index contributed by atoms with van der Waals surface area (Å²) in [7, 11) is 0. The molecule has 0 aliphatic heterocycles. The Morgan fingerprint density at radius 2 is 2.26 bits per heavy atom. The molecule has 2 aromatic rings. The van der Waals surface area contributed by atoms with Crippen LogP contribution >= 0.6 is 11.6 Å². The summed E-state index contributed by atoms with van der Waals surface area (Å²) in [6.07, 6.45) is 1.47. The molecule has 0 spiro atoms. The third-order valence-electron chi connectivity index (χ3n) is 2.73. The number of rotatable bonds is 3. The van der Waals surface area contributed by atoms with Gasteiger partial charge in [-0.3, -0.25) is 0 Å². The molecule has 0 atom stereocenters. The highest BCUT2D eigenvalue weighted by atomic mass is 35.5. The van der Waals surface area contributed by atoms with Crippen LogP contribution in [0.2, 0.25) is 5.02 Å². The Labute approximate surface area is 115 Å². The maximum Gasteiger partial charge on any atom is 0.341 e. The van der Waals surface area contributed by atoms with Crippen molar-refractivity contribution in [3.8, 4) is 5.69 Å². The topological polar surface area (TPSA) is 70.1 Å². The smallest absolute Gasteiger partial charge is 0.341 e. The van der Waals surface area contributed by atoms with E-state index in [2.05, 4.69) is 5.10 Å². The van der Waals surface area contributed by atoms with E-state index in [1.807, 2.05) is 0 Å². The number of esters is 1. The zero-order chi connectivity index (χ0) is 14.0. The number of nitrogen functional groups attached to an aromatic ring is 1. The minimum absolute atomic E-state index is 0.322. The van der Waals surface area contributed by atoms with Crippen molar-refractivity contribution < 1.29 is 9.53 Å². The van der Waals surface area contributed by atoms with Crippen LogP contribution in [0.15, 0.2) is 24.4 Å². The van der Waals surface area contributed by atoms with Crippen LogP contribution in [-0.4, -0.2) is 22.4 Å². The molecule has 0 aliphatic rings. The van der Waals surface area contributed by atoms with Crippen LogP contribution in [-0.2, 0) is 4.74 Å². The SMILES string of the molecule is CCOC(=O)c1cnn(-c2cc(Cl)ccc2N)c1C. The predicted octanol–water partition coefficient (Wildman–Crippen LogP) is 2.59. The average Bonchev–Trinajstić information content (AvgIpc) is 2.74. The molecule has 1 heterocycles. The summed E-state index contributed by atoms with van der Waals surface area (Å²) in [5.41, 5.74) is 8.15. The minimum atomic E-state index is -0.396. The fourth-order valence-electron chi connectivity index (χ4n) is 1.76. The second kappa shape index (κ2) is 5.32. The van der Waals surface area contributed by atoms with Crippen molar-refractivity contribution in [2.75, 3.05) is 12.3 Å². The van der Waals surface area contributed by atoms with Gasteiger partial charge in [-0.15, -0.1) is 0 Å². The van der Waals surface area contributed by atoms with Gasteiger partial charge in [0.1, 0.15) is 5.56 Å². The van der Waals surface area contributed by atoms with Gasteiger partial charge >= 0.3 is 5.97 Å². The van der Waals surface area contributed by atoms with E-state index < -0.39 is 5.97 Å². The molecule has 1 aromatic heterocycles. The van der Waals surface area contributed by atoms with Gasteiger partial charge in [0.05, 0.1) is 29.9 Å². The Morgan fingerprint density at radius 1 is 1.53 bits per heavy atom. The number of hydrogen-bond acceptors (Lipinski definition) is 4. The van der Waals surface area contributed by atoms with Crippen molar-refractivity contribution >= 4 is 23.3 Å². The summed E-state index contributed by atoms with van der Waals surface area (Å²) in [5, 5.41) is 4.72. The van der Waals surface area contributed by atoms with Gasteiger partial charge in [-0.25, -0.2) is 9.48 Å². The Bertz CT molecular complexity index is 622. The number of ether oxygens (including phenoxy) is 1. The van der Waals surface area contributed by atoms with Crippen molar-refractivity contribution in [2.45, 2.75) is 13.8 Å². The molecule has 2 rings (SSSR count). The highest BCUT2D eigenvalue weighted by Gasteiger charge is 2.17. The summed E-state index contributed by atoms with van der Waals surface area (Å²) in [6, 6.07) is 5.10. The van der Waals surface area contributed by atoms with Crippen LogP contribution < -0.4 is 5.73 Å². The molecule has 100 valence electrons. The number of halogens is 1. The number of carbonyl (C=O) groups excluding carboxylic acids is 1. The molecule has 0 saturated carbocycles. The highest BCUT2D eigenvalue weighted by Crippen LogP contribution is 2.24. The third kappa shape index (κ3) is 2.56. The lowest BCUT2D eigenvalue weighted by Gasteiger charge is -2.09. The fourth-order valence-corrected chi connectivity index (χ4v) is 1.93. The molecule has 19 heavy (non-hydrogen) atoms. The van der Waals surface area contributed by atoms with E-state index in [9.17, 15) is 4.79 Å². The van der Waals surface area contributed by atoms with Gasteiger partial charge in [0.15, 0.2) is 0 Å². The summed E-state index contributed by atoms with van der Waals surface area (Å²) in [4.78, 5) is 11.7. The van der Waals surface area contributed by atoms with Gasteiger partial charge in [-0.2, -0.15) is 5.10 Å². The molecule has 5 nitrogen and oxygen atoms in total. The number of hydrogen-bond donors (Lipinski definition) is 1. The standard InChI is InChI=1S/C13H14ClN3O2/c1-3-19-13(18)10-7-16-17(8(10)2)12-6-9(14)4-5-11(12)15/h4-7H,3,15H2,1-2H3. The Hall–Kier alpha value is -2.01. The van der Waals surface area contributed by atoms with E-state index in [4.69, 9.17) is 22.1 Å². The minimum Gasteiger partial charge on any atom is -0.462 e. The maximum absolute atomic E-state index is 11.7. The second-order valence-electron chi connectivity index (χ2n) is 3.98. The van der Waals surface area contributed by atoms with E-state index in [1.165, 1.54) is 6.20 Å².